The Kier molecular flexibility index (Phi) is 4.12. The lowest BCUT2D eigenvalue weighted by Crippen LogP contribution is -2.04. The first-order valence-electron chi connectivity index (χ1n) is 6.62. The van der Waals surface area contributed by atoms with Gasteiger partial charge in [0.05, 0.1) is 4.92 Å². The van der Waals surface area contributed by atoms with Crippen molar-refractivity contribution in [2.24, 2.45) is 0 Å². The number of rotatable bonds is 4. The van der Waals surface area contributed by atoms with E-state index in [2.05, 4.69) is 15.9 Å². The SMILES string of the molecule is O=c1cc(COc2ccc([N+](=O)[O-])cc2)c2ccc(Br)cc2o1. The number of hydrogen-bond donors (Lipinski definition) is 0. The number of nitro benzene ring substituents is 1. The fourth-order valence-electron chi connectivity index (χ4n) is 2.15. The van der Waals surface area contributed by atoms with E-state index in [0.29, 0.717) is 16.9 Å². The minimum absolute atomic E-state index is 0.00648. The molecule has 0 bridgehead atoms. The van der Waals surface area contributed by atoms with Crippen LogP contribution in [0.4, 0.5) is 5.69 Å². The van der Waals surface area contributed by atoms with Crippen LogP contribution in [0, 0.1) is 10.1 Å². The maximum Gasteiger partial charge on any atom is 0.336 e. The second-order valence-corrected chi connectivity index (χ2v) is 5.69. The minimum Gasteiger partial charge on any atom is -0.489 e. The Labute approximate surface area is 138 Å². The molecular weight excluding hydrogens is 366 g/mol. The summed E-state index contributed by atoms with van der Waals surface area (Å²) in [7, 11) is 0. The van der Waals surface area contributed by atoms with Gasteiger partial charge < -0.3 is 9.15 Å². The molecule has 0 saturated carbocycles. The highest BCUT2D eigenvalue weighted by Gasteiger charge is 2.08. The van der Waals surface area contributed by atoms with Gasteiger partial charge in [0, 0.05) is 33.6 Å². The molecule has 3 rings (SSSR count). The molecule has 0 amide bonds. The molecule has 0 atom stereocenters. The Bertz CT molecular complexity index is 933. The van der Waals surface area contributed by atoms with E-state index < -0.39 is 10.5 Å². The summed E-state index contributed by atoms with van der Waals surface area (Å²) in [6.07, 6.45) is 0. The zero-order chi connectivity index (χ0) is 16.4. The zero-order valence-electron chi connectivity index (χ0n) is 11.7. The first-order valence-corrected chi connectivity index (χ1v) is 7.42. The first kappa shape index (κ1) is 15.2. The van der Waals surface area contributed by atoms with Gasteiger partial charge in [0.1, 0.15) is 17.9 Å². The zero-order valence-corrected chi connectivity index (χ0v) is 13.3. The molecule has 3 aromatic rings. The van der Waals surface area contributed by atoms with Crippen molar-refractivity contribution in [2.75, 3.05) is 0 Å². The average molecular weight is 376 g/mol. The van der Waals surface area contributed by atoms with Gasteiger partial charge in [0.15, 0.2) is 0 Å². The summed E-state index contributed by atoms with van der Waals surface area (Å²) in [4.78, 5) is 21.8. The van der Waals surface area contributed by atoms with E-state index in [1.165, 1.54) is 30.3 Å². The van der Waals surface area contributed by atoms with Crippen LogP contribution in [0.3, 0.4) is 0 Å². The largest absolute Gasteiger partial charge is 0.489 e. The molecule has 1 aromatic heterocycles. The first-order chi connectivity index (χ1) is 11.0. The van der Waals surface area contributed by atoms with Gasteiger partial charge in [-0.1, -0.05) is 15.9 Å². The van der Waals surface area contributed by atoms with Crippen LogP contribution in [0.5, 0.6) is 5.75 Å². The lowest BCUT2D eigenvalue weighted by atomic mass is 10.1. The molecule has 0 saturated heterocycles. The quantitative estimate of drug-likeness (QED) is 0.390. The molecule has 0 aliphatic carbocycles. The molecule has 0 aliphatic heterocycles. The smallest absolute Gasteiger partial charge is 0.336 e. The summed E-state index contributed by atoms with van der Waals surface area (Å²) in [6.45, 7) is 0.154. The highest BCUT2D eigenvalue weighted by molar-refractivity contribution is 9.10. The minimum atomic E-state index is -0.475. The van der Waals surface area contributed by atoms with Crippen LogP contribution in [0.2, 0.25) is 0 Å². The topological polar surface area (TPSA) is 82.6 Å². The molecule has 0 N–H and O–H groups in total. The predicted octanol–water partition coefficient (Wildman–Crippen LogP) is 4.04. The highest BCUT2D eigenvalue weighted by atomic mass is 79.9. The molecule has 2 aromatic carbocycles. The van der Waals surface area contributed by atoms with Crippen molar-refractivity contribution < 1.29 is 14.1 Å². The van der Waals surface area contributed by atoms with Crippen LogP contribution in [-0.4, -0.2) is 4.92 Å². The summed E-state index contributed by atoms with van der Waals surface area (Å²) < 4.78 is 11.6. The summed E-state index contributed by atoms with van der Waals surface area (Å²) in [5.41, 5.74) is 0.683. The normalized spacial score (nSPS) is 10.7. The van der Waals surface area contributed by atoms with E-state index in [0.717, 1.165) is 9.86 Å². The molecule has 23 heavy (non-hydrogen) atoms. The van der Waals surface area contributed by atoms with Crippen molar-refractivity contribution in [3.05, 3.63) is 79.1 Å². The van der Waals surface area contributed by atoms with E-state index in [4.69, 9.17) is 9.15 Å². The number of halogens is 1. The van der Waals surface area contributed by atoms with Crippen molar-refractivity contribution in [1.82, 2.24) is 0 Å². The summed E-state index contributed by atoms with van der Waals surface area (Å²) in [6, 6.07) is 12.5. The van der Waals surface area contributed by atoms with Crippen molar-refractivity contribution in [2.45, 2.75) is 6.61 Å². The maximum atomic E-state index is 11.6. The fraction of sp³-hybridized carbons (Fsp3) is 0.0625. The Hall–Kier alpha value is -2.67. The highest BCUT2D eigenvalue weighted by Crippen LogP contribution is 2.23. The Balaban J connectivity index is 1.86. The van der Waals surface area contributed by atoms with E-state index in [-0.39, 0.29) is 12.3 Å². The van der Waals surface area contributed by atoms with E-state index in [1.54, 1.807) is 6.07 Å². The lowest BCUT2D eigenvalue weighted by Gasteiger charge is -2.08. The van der Waals surface area contributed by atoms with Crippen LogP contribution in [0.25, 0.3) is 11.0 Å². The second kappa shape index (κ2) is 6.21. The number of benzene rings is 2. The third-order valence-electron chi connectivity index (χ3n) is 3.23. The molecule has 7 heteroatoms. The Morgan fingerprint density at radius 2 is 1.87 bits per heavy atom. The third kappa shape index (κ3) is 3.40. The maximum absolute atomic E-state index is 11.6. The van der Waals surface area contributed by atoms with Gasteiger partial charge in [-0.2, -0.15) is 0 Å². The van der Waals surface area contributed by atoms with Gasteiger partial charge in [-0.3, -0.25) is 10.1 Å². The van der Waals surface area contributed by atoms with Gasteiger partial charge in [0.2, 0.25) is 0 Å². The molecule has 0 spiro atoms. The van der Waals surface area contributed by atoms with Crippen LogP contribution in [0.1, 0.15) is 5.56 Å². The number of non-ortho nitro benzene ring substituents is 1. The van der Waals surface area contributed by atoms with Crippen LogP contribution in [0.15, 0.2) is 62.2 Å². The van der Waals surface area contributed by atoms with Gasteiger partial charge in [-0.25, -0.2) is 4.79 Å². The van der Waals surface area contributed by atoms with Gasteiger partial charge in [-0.05, 0) is 30.3 Å². The molecule has 116 valence electrons. The lowest BCUT2D eigenvalue weighted by molar-refractivity contribution is -0.384. The van der Waals surface area contributed by atoms with Crippen molar-refractivity contribution in [3.8, 4) is 5.75 Å². The average Bonchev–Trinajstić information content (AvgIpc) is 2.52. The number of hydrogen-bond acceptors (Lipinski definition) is 5. The van der Waals surface area contributed by atoms with E-state index >= 15 is 0 Å². The summed E-state index contributed by atoms with van der Waals surface area (Å²) >= 11 is 3.33. The van der Waals surface area contributed by atoms with E-state index in [1.807, 2.05) is 12.1 Å². The molecule has 1 heterocycles. The van der Waals surface area contributed by atoms with Crippen LogP contribution < -0.4 is 10.4 Å². The van der Waals surface area contributed by atoms with Crippen LogP contribution in [-0.2, 0) is 6.61 Å². The van der Waals surface area contributed by atoms with Crippen molar-refractivity contribution in [3.63, 3.8) is 0 Å². The molecule has 0 fully saturated rings. The Morgan fingerprint density at radius 1 is 1.13 bits per heavy atom. The molecule has 0 unspecified atom stereocenters. The predicted molar refractivity (Wildman–Crippen MR) is 87.6 cm³/mol. The molecular formula is C16H10BrNO5. The second-order valence-electron chi connectivity index (χ2n) is 4.77. The number of ether oxygens (including phenoxy) is 1. The number of fused-ring (bicyclic) bond motifs is 1. The molecule has 6 nitrogen and oxygen atoms in total. The Morgan fingerprint density at radius 3 is 2.57 bits per heavy atom. The van der Waals surface area contributed by atoms with Gasteiger partial charge >= 0.3 is 5.63 Å². The van der Waals surface area contributed by atoms with Gasteiger partial charge in [0.25, 0.3) is 5.69 Å². The van der Waals surface area contributed by atoms with Gasteiger partial charge in [-0.15, -0.1) is 0 Å². The van der Waals surface area contributed by atoms with Crippen molar-refractivity contribution >= 4 is 32.6 Å². The number of nitro groups is 1. The van der Waals surface area contributed by atoms with Crippen molar-refractivity contribution in [1.29, 1.82) is 0 Å². The number of nitrogens with zero attached hydrogens (tertiary/aromatic N) is 1. The third-order valence-corrected chi connectivity index (χ3v) is 3.73. The standard InChI is InChI=1S/C16H10BrNO5/c17-11-1-6-14-10(7-16(19)23-15(14)8-11)9-22-13-4-2-12(3-5-13)18(20)21/h1-8H,9H2. The van der Waals surface area contributed by atoms with Crippen LogP contribution >= 0.6 is 15.9 Å². The monoisotopic (exact) mass is 375 g/mol. The summed E-state index contributed by atoms with van der Waals surface area (Å²) in [5.74, 6) is 0.481. The molecule has 0 aliphatic rings. The fourth-order valence-corrected chi connectivity index (χ4v) is 2.49. The van der Waals surface area contributed by atoms with E-state index in [9.17, 15) is 14.9 Å². The summed E-state index contributed by atoms with van der Waals surface area (Å²) in [5, 5.41) is 11.4. The molecule has 0 radical (unpaired) electrons.